The summed E-state index contributed by atoms with van der Waals surface area (Å²) < 4.78 is 39.1. The minimum atomic E-state index is -3.38. The van der Waals surface area contributed by atoms with Gasteiger partial charge in [0.1, 0.15) is 14.2 Å². The molecular formula is C18H41NO5P2. The maximum Gasteiger partial charge on any atom is 0.339 e. The Bertz CT molecular complexity index is 416. The van der Waals surface area contributed by atoms with E-state index in [0.717, 1.165) is 0 Å². The summed E-state index contributed by atoms with van der Waals surface area (Å²) >= 11 is 0. The molecule has 8 heteroatoms. The second-order valence-electron chi connectivity index (χ2n) is 8.91. The van der Waals surface area contributed by atoms with Crippen LogP contribution in [-0.4, -0.2) is 54.2 Å². The topological polar surface area (TPSA) is 57.2 Å². The standard InChI is InChI=1S/C18H41NO5P2/c1-15(2)19(16(3)4)25(22-13-12-21-11)14-26(20,23-17(5,6)7)24-18(8,9)10/h15-16H,12-14H2,1-11H3. The predicted octanol–water partition coefficient (Wildman–Crippen LogP) is 5.86. The molecule has 1 unspecified atom stereocenters. The van der Waals surface area contributed by atoms with E-state index in [4.69, 9.17) is 18.3 Å². The summed E-state index contributed by atoms with van der Waals surface area (Å²) in [4.78, 5) is 0. The first-order valence-electron chi connectivity index (χ1n) is 9.28. The van der Waals surface area contributed by atoms with Crippen molar-refractivity contribution in [2.75, 3.05) is 26.2 Å². The maximum absolute atomic E-state index is 13.7. The van der Waals surface area contributed by atoms with E-state index in [0.29, 0.717) is 13.2 Å². The zero-order valence-corrected chi connectivity index (χ0v) is 20.4. The molecule has 0 saturated carbocycles. The Balaban J connectivity index is 5.67. The van der Waals surface area contributed by atoms with Crippen LogP contribution in [0.4, 0.5) is 0 Å². The zero-order chi connectivity index (χ0) is 20.8. The average Bonchev–Trinajstić information content (AvgIpc) is 2.32. The first-order valence-corrected chi connectivity index (χ1v) is 12.4. The van der Waals surface area contributed by atoms with Gasteiger partial charge in [-0.05, 0) is 69.2 Å². The molecule has 0 aromatic rings. The Morgan fingerprint density at radius 2 is 1.31 bits per heavy atom. The van der Waals surface area contributed by atoms with Gasteiger partial charge in [0.05, 0.1) is 24.4 Å². The van der Waals surface area contributed by atoms with Crippen molar-refractivity contribution in [3.8, 4) is 0 Å². The van der Waals surface area contributed by atoms with E-state index < -0.39 is 27.1 Å². The van der Waals surface area contributed by atoms with Crippen molar-refractivity contribution >= 4 is 15.9 Å². The monoisotopic (exact) mass is 413 g/mol. The van der Waals surface area contributed by atoms with Crippen LogP contribution in [0.3, 0.4) is 0 Å². The molecule has 6 nitrogen and oxygen atoms in total. The summed E-state index contributed by atoms with van der Waals surface area (Å²) in [5.41, 5.74) is -1.15. The summed E-state index contributed by atoms with van der Waals surface area (Å²) in [6, 6.07) is 0.503. The molecule has 0 radical (unpaired) electrons. The molecule has 0 rings (SSSR count). The molecule has 0 spiro atoms. The molecule has 0 amide bonds. The first-order chi connectivity index (χ1) is 11.6. The van der Waals surface area contributed by atoms with Crippen LogP contribution in [0, 0.1) is 0 Å². The van der Waals surface area contributed by atoms with Gasteiger partial charge in [-0.15, -0.1) is 0 Å². The van der Waals surface area contributed by atoms with E-state index in [-0.39, 0.29) is 18.0 Å². The normalized spacial score (nSPS) is 15.3. The lowest BCUT2D eigenvalue weighted by Crippen LogP contribution is -2.35. The highest BCUT2D eigenvalue weighted by Gasteiger charge is 2.41. The number of hydrogen-bond donors (Lipinski definition) is 0. The van der Waals surface area contributed by atoms with Gasteiger partial charge in [0, 0.05) is 19.2 Å². The molecule has 0 aliphatic carbocycles. The number of methoxy groups -OCH3 is 1. The summed E-state index contributed by atoms with van der Waals surface area (Å²) in [7, 11) is -2.90. The van der Waals surface area contributed by atoms with E-state index in [1.165, 1.54) is 0 Å². The van der Waals surface area contributed by atoms with Crippen LogP contribution in [0.25, 0.3) is 0 Å². The van der Waals surface area contributed by atoms with Crippen LogP contribution in [0.2, 0.25) is 0 Å². The van der Waals surface area contributed by atoms with Crippen molar-refractivity contribution in [3.05, 3.63) is 0 Å². The Morgan fingerprint density at radius 1 is 0.885 bits per heavy atom. The summed E-state index contributed by atoms with van der Waals surface area (Å²) in [6.45, 7) is 20.8. The van der Waals surface area contributed by atoms with Gasteiger partial charge in [-0.1, -0.05) is 0 Å². The third kappa shape index (κ3) is 11.3. The Hall–Kier alpha value is 0.460. The molecule has 0 aromatic heterocycles. The van der Waals surface area contributed by atoms with Crippen molar-refractivity contribution < 1.29 is 22.9 Å². The average molecular weight is 413 g/mol. The van der Waals surface area contributed by atoms with Crippen LogP contribution in [-0.2, 0) is 22.9 Å². The van der Waals surface area contributed by atoms with Crippen molar-refractivity contribution in [3.63, 3.8) is 0 Å². The van der Waals surface area contributed by atoms with Crippen LogP contribution >= 0.6 is 15.9 Å². The summed E-state index contributed by atoms with van der Waals surface area (Å²) in [6.07, 6.45) is 0. The fourth-order valence-electron chi connectivity index (χ4n) is 2.58. The molecule has 0 saturated heterocycles. The van der Waals surface area contributed by atoms with Crippen molar-refractivity contribution in [1.82, 2.24) is 4.67 Å². The lowest BCUT2D eigenvalue weighted by atomic mass is 10.2. The van der Waals surface area contributed by atoms with E-state index >= 15 is 0 Å². The summed E-state index contributed by atoms with van der Waals surface area (Å²) in [5.74, 6) is 0.233. The molecule has 158 valence electrons. The second-order valence-corrected chi connectivity index (χ2v) is 13.0. The van der Waals surface area contributed by atoms with Crippen LogP contribution in [0.5, 0.6) is 0 Å². The van der Waals surface area contributed by atoms with E-state index in [9.17, 15) is 4.57 Å². The molecule has 0 heterocycles. The number of nitrogens with zero attached hydrogens (tertiary/aromatic N) is 1. The molecule has 0 aromatic carbocycles. The van der Waals surface area contributed by atoms with Gasteiger partial charge in [0.25, 0.3) is 0 Å². The van der Waals surface area contributed by atoms with Gasteiger partial charge in [-0.3, -0.25) is 9.24 Å². The molecule has 0 bridgehead atoms. The highest BCUT2D eigenvalue weighted by molar-refractivity contribution is 7.69. The fourth-order valence-corrected chi connectivity index (χ4v) is 8.29. The Kier molecular flexibility index (Phi) is 11.0. The third-order valence-electron chi connectivity index (χ3n) is 2.96. The lowest BCUT2D eigenvalue weighted by molar-refractivity contribution is 0.0506. The third-order valence-corrected chi connectivity index (χ3v) is 8.89. The van der Waals surface area contributed by atoms with Crippen LogP contribution in [0.1, 0.15) is 69.2 Å². The highest BCUT2D eigenvalue weighted by Crippen LogP contribution is 2.64. The molecule has 0 aliphatic heterocycles. The Morgan fingerprint density at radius 3 is 1.62 bits per heavy atom. The number of hydrogen-bond acceptors (Lipinski definition) is 6. The van der Waals surface area contributed by atoms with Gasteiger partial charge in [0.2, 0.25) is 0 Å². The van der Waals surface area contributed by atoms with Gasteiger partial charge in [-0.25, -0.2) is 0 Å². The molecule has 26 heavy (non-hydrogen) atoms. The molecule has 0 aliphatic rings. The number of rotatable bonds is 11. The minimum absolute atomic E-state index is 0.233. The van der Waals surface area contributed by atoms with Crippen LogP contribution in [0.15, 0.2) is 0 Å². The largest absolute Gasteiger partial charge is 0.382 e. The molecular weight excluding hydrogens is 372 g/mol. The predicted molar refractivity (Wildman–Crippen MR) is 111 cm³/mol. The Labute approximate surface area is 162 Å². The van der Waals surface area contributed by atoms with Gasteiger partial charge >= 0.3 is 7.60 Å². The van der Waals surface area contributed by atoms with Crippen LogP contribution < -0.4 is 0 Å². The van der Waals surface area contributed by atoms with E-state index in [1.54, 1.807) is 7.11 Å². The summed E-state index contributed by atoms with van der Waals surface area (Å²) in [5, 5.41) is 0. The SMILES string of the molecule is COCCOP(CP(=O)(OC(C)(C)C)OC(C)(C)C)N(C(C)C)C(C)C. The fraction of sp³-hybridized carbons (Fsp3) is 1.00. The highest BCUT2D eigenvalue weighted by atomic mass is 31.2. The minimum Gasteiger partial charge on any atom is -0.382 e. The van der Waals surface area contributed by atoms with Gasteiger partial charge in [-0.2, -0.15) is 0 Å². The second kappa shape index (κ2) is 10.9. The lowest BCUT2D eigenvalue weighted by Gasteiger charge is -2.40. The molecule has 0 fully saturated rings. The zero-order valence-electron chi connectivity index (χ0n) is 18.7. The van der Waals surface area contributed by atoms with E-state index in [1.807, 2.05) is 41.5 Å². The van der Waals surface area contributed by atoms with Crippen molar-refractivity contribution in [2.24, 2.45) is 0 Å². The smallest absolute Gasteiger partial charge is 0.339 e. The van der Waals surface area contributed by atoms with Crippen molar-refractivity contribution in [2.45, 2.75) is 92.5 Å². The van der Waals surface area contributed by atoms with Crippen molar-refractivity contribution in [1.29, 1.82) is 0 Å². The van der Waals surface area contributed by atoms with Gasteiger partial charge < -0.3 is 18.3 Å². The molecule has 0 N–H and O–H groups in total. The van der Waals surface area contributed by atoms with E-state index in [2.05, 4.69) is 32.4 Å². The first kappa shape index (κ1) is 26.5. The molecule has 1 atom stereocenters. The quantitative estimate of drug-likeness (QED) is 0.312. The maximum atomic E-state index is 13.7. The number of ether oxygens (including phenoxy) is 1. The van der Waals surface area contributed by atoms with Gasteiger partial charge in [0.15, 0.2) is 0 Å².